The first-order valence-electron chi connectivity index (χ1n) is 6.58. The molecule has 5 heteroatoms. The molecule has 0 saturated heterocycles. The van der Waals surface area contributed by atoms with E-state index in [1.165, 1.54) is 17.6 Å². The van der Waals surface area contributed by atoms with Gasteiger partial charge in [0.25, 0.3) is 0 Å². The number of hydrogen-bond donors (Lipinski definition) is 2. The summed E-state index contributed by atoms with van der Waals surface area (Å²) >= 11 is 0. The van der Waals surface area contributed by atoms with Crippen molar-refractivity contribution in [1.29, 1.82) is 0 Å². The van der Waals surface area contributed by atoms with Crippen molar-refractivity contribution in [3.63, 3.8) is 0 Å². The number of aliphatic hydroxyl groups is 2. The number of hydrogen-bond acceptors (Lipinski definition) is 3. The summed E-state index contributed by atoms with van der Waals surface area (Å²) in [5, 5.41) is 16.0. The first-order valence-corrected chi connectivity index (χ1v) is 6.58. The summed E-state index contributed by atoms with van der Waals surface area (Å²) in [4.78, 5) is 10.6. The molecule has 20 heavy (non-hydrogen) atoms. The Kier molecular flexibility index (Phi) is 19.5. The largest absolute Gasteiger partial charge is 1.00 e. The SMILES string of the molecule is CC1=CC(=O)CCC1.CC1=CC(O)CCC1.CO.[B].[H-].[Na+]. The number of carbonyl (C=O) groups excluding carboxylic acids is 1. The van der Waals surface area contributed by atoms with Crippen molar-refractivity contribution >= 4 is 14.2 Å². The minimum Gasteiger partial charge on any atom is -1.00 e. The number of carbonyl (C=O) groups is 1. The van der Waals surface area contributed by atoms with Gasteiger partial charge in [-0.25, -0.2) is 0 Å². The fraction of sp³-hybridized carbons (Fsp3) is 0.667. The average molecular weight is 289 g/mol. The molecule has 109 valence electrons. The molecule has 0 spiro atoms. The van der Waals surface area contributed by atoms with Gasteiger partial charge in [0.2, 0.25) is 0 Å². The van der Waals surface area contributed by atoms with E-state index in [1.807, 2.05) is 13.0 Å². The Morgan fingerprint density at radius 1 is 1.10 bits per heavy atom. The third-order valence-corrected chi connectivity index (χ3v) is 2.95. The quantitative estimate of drug-likeness (QED) is 0.467. The van der Waals surface area contributed by atoms with E-state index in [4.69, 9.17) is 10.2 Å². The third-order valence-electron chi connectivity index (χ3n) is 2.95. The van der Waals surface area contributed by atoms with Gasteiger partial charge in [0, 0.05) is 21.9 Å². The summed E-state index contributed by atoms with van der Waals surface area (Å²) in [6.07, 6.45) is 9.78. The molecule has 1 unspecified atom stereocenters. The molecule has 0 amide bonds. The van der Waals surface area contributed by atoms with Crippen molar-refractivity contribution < 1.29 is 46.0 Å². The standard InChI is InChI=1S/C7H12O.C7H10O.CH4O.B.Na.H/c2*1-6-3-2-4-7(8)5-6;1-2;;;/h5,7-8H,2-4H2,1H3;5H,2-4H2,1H3;2H,1H3;;;/q;;;;+1;-1. The van der Waals surface area contributed by atoms with E-state index in [1.54, 1.807) is 6.08 Å². The molecule has 0 aliphatic heterocycles. The van der Waals surface area contributed by atoms with Gasteiger partial charge in [-0.1, -0.05) is 17.2 Å². The maximum absolute atomic E-state index is 10.6. The molecule has 2 aliphatic rings. The van der Waals surface area contributed by atoms with Crippen LogP contribution < -0.4 is 29.6 Å². The summed E-state index contributed by atoms with van der Waals surface area (Å²) in [5.74, 6) is 0.300. The van der Waals surface area contributed by atoms with Crippen molar-refractivity contribution in [2.24, 2.45) is 0 Å². The normalized spacial score (nSPS) is 20.4. The summed E-state index contributed by atoms with van der Waals surface area (Å²) in [6, 6.07) is 0. The predicted octanol–water partition coefficient (Wildman–Crippen LogP) is -0.493. The Balaban J connectivity index is -0.000000109. The van der Waals surface area contributed by atoms with Crippen LogP contribution in [0.5, 0.6) is 0 Å². The summed E-state index contributed by atoms with van der Waals surface area (Å²) in [6.45, 7) is 4.08. The van der Waals surface area contributed by atoms with Gasteiger partial charge >= 0.3 is 29.6 Å². The molecule has 0 aromatic heterocycles. The van der Waals surface area contributed by atoms with Crippen LogP contribution in [0.15, 0.2) is 23.3 Å². The summed E-state index contributed by atoms with van der Waals surface area (Å²) in [5.41, 5.74) is 2.57. The Bertz CT molecular complexity index is 320. The average Bonchev–Trinajstić information content (AvgIpc) is 2.31. The molecular weight excluding hydrogens is 262 g/mol. The fourth-order valence-electron chi connectivity index (χ4n) is 2.05. The van der Waals surface area contributed by atoms with Crippen LogP contribution >= 0.6 is 0 Å². The van der Waals surface area contributed by atoms with Crippen LogP contribution in [0.1, 0.15) is 53.8 Å². The minimum atomic E-state index is -0.149. The molecule has 2 aliphatic carbocycles. The Morgan fingerprint density at radius 3 is 1.95 bits per heavy atom. The topological polar surface area (TPSA) is 57.5 Å². The van der Waals surface area contributed by atoms with Crippen LogP contribution in [0.3, 0.4) is 0 Å². The van der Waals surface area contributed by atoms with E-state index < -0.39 is 0 Å². The van der Waals surface area contributed by atoms with Gasteiger partial charge in [-0.05, 0) is 52.0 Å². The van der Waals surface area contributed by atoms with Crippen LogP contribution in [0.2, 0.25) is 0 Å². The van der Waals surface area contributed by atoms with E-state index in [9.17, 15) is 4.79 Å². The number of allylic oxidation sites excluding steroid dienone is 3. The molecule has 0 aromatic carbocycles. The number of aliphatic hydroxyl groups excluding tert-OH is 2. The van der Waals surface area contributed by atoms with E-state index in [2.05, 4.69) is 6.92 Å². The summed E-state index contributed by atoms with van der Waals surface area (Å²) in [7, 11) is 1.00. The van der Waals surface area contributed by atoms with Crippen LogP contribution in [0.4, 0.5) is 0 Å². The predicted molar refractivity (Wildman–Crippen MR) is 81.2 cm³/mol. The first-order chi connectivity index (χ1) is 8.58. The smallest absolute Gasteiger partial charge is 1.00 e. The summed E-state index contributed by atoms with van der Waals surface area (Å²) < 4.78 is 0. The molecule has 2 rings (SSSR count). The van der Waals surface area contributed by atoms with Crippen LogP contribution in [0, 0.1) is 0 Å². The number of rotatable bonds is 0. The molecule has 0 bridgehead atoms. The van der Waals surface area contributed by atoms with E-state index in [0.29, 0.717) is 5.78 Å². The molecule has 0 fully saturated rings. The van der Waals surface area contributed by atoms with Crippen LogP contribution in [-0.4, -0.2) is 37.6 Å². The Morgan fingerprint density at radius 2 is 1.65 bits per heavy atom. The van der Waals surface area contributed by atoms with E-state index >= 15 is 0 Å². The zero-order valence-corrected chi connectivity index (χ0v) is 15.4. The fourth-order valence-corrected chi connectivity index (χ4v) is 2.05. The second kappa shape index (κ2) is 15.5. The van der Waals surface area contributed by atoms with Gasteiger partial charge in [0.05, 0.1) is 6.10 Å². The van der Waals surface area contributed by atoms with Gasteiger partial charge in [-0.15, -0.1) is 0 Å². The van der Waals surface area contributed by atoms with Crippen molar-refractivity contribution in [1.82, 2.24) is 0 Å². The van der Waals surface area contributed by atoms with Crippen molar-refractivity contribution in [3.8, 4) is 0 Å². The van der Waals surface area contributed by atoms with Gasteiger partial charge in [-0.2, -0.15) is 0 Å². The first kappa shape index (κ1) is 25.1. The van der Waals surface area contributed by atoms with Gasteiger partial charge in [0.15, 0.2) is 5.78 Å². The van der Waals surface area contributed by atoms with Crippen molar-refractivity contribution in [2.45, 2.75) is 58.5 Å². The molecule has 3 radical (unpaired) electrons. The van der Waals surface area contributed by atoms with Gasteiger partial charge in [-0.3, -0.25) is 4.79 Å². The molecule has 3 nitrogen and oxygen atoms in total. The van der Waals surface area contributed by atoms with Crippen molar-refractivity contribution in [2.75, 3.05) is 7.11 Å². The maximum Gasteiger partial charge on any atom is 1.00 e. The third kappa shape index (κ3) is 13.1. The molecule has 0 heterocycles. The van der Waals surface area contributed by atoms with E-state index in [0.717, 1.165) is 39.2 Å². The van der Waals surface area contributed by atoms with Gasteiger partial charge < -0.3 is 11.6 Å². The molecule has 2 N–H and O–H groups in total. The van der Waals surface area contributed by atoms with E-state index in [-0.39, 0.29) is 45.5 Å². The Hall–Kier alpha value is 0.135. The Labute approximate surface area is 148 Å². The molecule has 1 atom stereocenters. The number of ketones is 1. The minimum absolute atomic E-state index is 0. The monoisotopic (exact) mass is 289 g/mol. The van der Waals surface area contributed by atoms with Crippen LogP contribution in [-0.2, 0) is 4.79 Å². The molecule has 0 saturated carbocycles. The van der Waals surface area contributed by atoms with Gasteiger partial charge in [0.1, 0.15) is 0 Å². The maximum atomic E-state index is 10.6. The molecular formula is C15H27BNaO3. The second-order valence-corrected chi connectivity index (χ2v) is 4.78. The zero-order valence-electron chi connectivity index (χ0n) is 14.4. The zero-order chi connectivity index (χ0) is 14.0. The second-order valence-electron chi connectivity index (χ2n) is 4.78. The molecule has 0 aromatic rings. The van der Waals surface area contributed by atoms with Crippen molar-refractivity contribution in [3.05, 3.63) is 23.3 Å². The van der Waals surface area contributed by atoms with Crippen LogP contribution in [0.25, 0.3) is 0 Å².